The molecule has 53 heavy (non-hydrogen) atoms. The van der Waals surface area contributed by atoms with Gasteiger partial charge in [0.15, 0.2) is 5.69 Å². The molecule has 2 N–H and O–H groups in total. The molecule has 0 aromatic carbocycles. The van der Waals surface area contributed by atoms with Crippen molar-refractivity contribution < 1.29 is 41.9 Å². The van der Waals surface area contributed by atoms with E-state index in [1.54, 1.807) is 16.7 Å². The Labute approximate surface area is 310 Å². The minimum Gasteiger partial charge on any atom is -0.465 e. The van der Waals surface area contributed by atoms with Crippen LogP contribution in [0.15, 0.2) is 30.5 Å². The van der Waals surface area contributed by atoms with Crippen molar-refractivity contribution in [1.29, 1.82) is 0 Å². The van der Waals surface area contributed by atoms with E-state index >= 15 is 0 Å². The number of nitrogens with zero attached hydrogens (tertiary/aromatic N) is 3. The fourth-order valence-electron chi connectivity index (χ4n) is 7.36. The largest absolute Gasteiger partial charge is 0.465 e. The third-order valence-corrected chi connectivity index (χ3v) is 12.8. The third-order valence-electron chi connectivity index (χ3n) is 11.0. The molecule has 2 aliphatic carbocycles. The van der Waals surface area contributed by atoms with Gasteiger partial charge in [0, 0.05) is 18.3 Å². The maximum Gasteiger partial charge on any atom is 0.358 e. The van der Waals surface area contributed by atoms with E-state index in [9.17, 15) is 32.4 Å². The number of fused-ring (bicyclic) bond motifs is 3. The smallest absolute Gasteiger partial charge is 0.358 e. The highest BCUT2D eigenvalue weighted by molar-refractivity contribution is 7.91. The van der Waals surface area contributed by atoms with E-state index in [2.05, 4.69) is 15.0 Å². The Bertz CT molecular complexity index is 1940. The summed E-state index contributed by atoms with van der Waals surface area (Å²) >= 11 is 0. The molecule has 2 saturated carbocycles. The van der Waals surface area contributed by atoms with Crippen molar-refractivity contribution in [1.82, 2.24) is 24.3 Å². The van der Waals surface area contributed by atoms with E-state index in [0.29, 0.717) is 37.8 Å². The van der Waals surface area contributed by atoms with E-state index in [1.807, 2.05) is 65.8 Å². The normalized spacial score (nSPS) is 28.9. The number of sulfonamides is 1. The molecule has 4 bridgehead atoms. The van der Waals surface area contributed by atoms with Gasteiger partial charge in [-0.05, 0) is 67.1 Å². The molecule has 2 aliphatic heterocycles. The second-order valence-corrected chi connectivity index (χ2v) is 18.9. The summed E-state index contributed by atoms with van der Waals surface area (Å²) in [6, 6.07) is 4.32. The molecule has 1 saturated heterocycles. The van der Waals surface area contributed by atoms with E-state index in [4.69, 9.17) is 9.47 Å². The molecule has 6 rings (SSSR count). The Morgan fingerprint density at radius 2 is 1.85 bits per heavy atom. The summed E-state index contributed by atoms with van der Waals surface area (Å²) in [4.78, 5) is 75.0. The van der Waals surface area contributed by atoms with Crippen molar-refractivity contribution in [2.75, 3.05) is 13.2 Å². The minimum atomic E-state index is -3.88. The number of ether oxygens (including phenoxy) is 2. The van der Waals surface area contributed by atoms with E-state index in [-0.39, 0.29) is 49.4 Å². The van der Waals surface area contributed by atoms with Gasteiger partial charge in [0.25, 0.3) is 5.91 Å². The van der Waals surface area contributed by atoms with Crippen LogP contribution in [-0.4, -0.2) is 88.4 Å². The average Bonchev–Trinajstić information content (AvgIpc) is 3.97. The second kappa shape index (κ2) is 14.2. The first kappa shape index (κ1) is 38.5. The van der Waals surface area contributed by atoms with E-state index in [1.165, 1.54) is 4.90 Å². The lowest BCUT2D eigenvalue weighted by molar-refractivity contribution is -0.155. The summed E-state index contributed by atoms with van der Waals surface area (Å²) in [5.41, 5.74) is -1.18. The molecule has 2 aromatic rings. The Morgan fingerprint density at radius 3 is 2.51 bits per heavy atom. The van der Waals surface area contributed by atoms with Crippen molar-refractivity contribution in [3.05, 3.63) is 41.9 Å². The molecule has 4 aliphatic rings. The first-order valence-corrected chi connectivity index (χ1v) is 20.1. The summed E-state index contributed by atoms with van der Waals surface area (Å²) < 4.78 is 41.0. The van der Waals surface area contributed by atoms with Crippen molar-refractivity contribution in [3.8, 4) is 0 Å². The minimum absolute atomic E-state index is 0.0544. The zero-order chi connectivity index (χ0) is 38.5. The van der Waals surface area contributed by atoms with Gasteiger partial charge in [-0.15, -0.1) is 0 Å². The highest BCUT2D eigenvalue weighted by Crippen LogP contribution is 2.47. The van der Waals surface area contributed by atoms with Gasteiger partial charge in [-0.2, -0.15) is 0 Å². The van der Waals surface area contributed by atoms with Crippen LogP contribution in [0.5, 0.6) is 0 Å². The number of pyridine rings is 1. The molecule has 0 radical (unpaired) electrons. The van der Waals surface area contributed by atoms with Crippen LogP contribution < -0.4 is 10.0 Å². The third kappa shape index (κ3) is 8.29. The number of carbonyl (C=O) groups excluding carboxylic acids is 5. The number of aromatic nitrogens is 2. The van der Waals surface area contributed by atoms with Crippen LogP contribution in [0.1, 0.15) is 109 Å². The van der Waals surface area contributed by atoms with Crippen molar-refractivity contribution in [3.63, 3.8) is 0 Å². The SMILES string of the molecule is CC[C@@H]1C[C@]1(NC(=O)[C@@H]1C[C@@H]2CN1C(=O)[C@H](C(C)(C)C)CC(=O)OCC(C)(C)CC/C=C/c1cccc3nc(cn13)C(=O)O2)C(=O)NS(=O)(=O)C1CC1. The van der Waals surface area contributed by atoms with Gasteiger partial charge < -0.3 is 19.7 Å². The van der Waals surface area contributed by atoms with Crippen LogP contribution in [0.2, 0.25) is 0 Å². The highest BCUT2D eigenvalue weighted by Gasteiger charge is 2.62. The molecule has 5 atom stereocenters. The summed E-state index contributed by atoms with van der Waals surface area (Å²) in [6.07, 6.45) is 7.39. The van der Waals surface area contributed by atoms with Crippen molar-refractivity contribution in [2.24, 2.45) is 22.7 Å². The van der Waals surface area contributed by atoms with Crippen molar-refractivity contribution >= 4 is 51.4 Å². The summed E-state index contributed by atoms with van der Waals surface area (Å²) in [5, 5.41) is 2.18. The standard InChI is InChI=1S/C38H51N5O9S/c1-7-23-19-38(23,35(48)41-53(49,50)26-14-15-26)40-32(45)29-17-25-20-43(29)33(46)27(36(2,3)4)18-31(44)51-22-37(5,6)16-9-8-11-24-12-10-13-30-39-28(21-42(24)30)34(47)52-25/h8,10-13,21,23,25-27,29H,7,9,14-20,22H2,1-6H3,(H,40,45)(H,41,48)/b11-8+/t23-,25-,27-,29+,38-/m1/s1. The molecule has 3 amide bonds. The fraction of sp³-hybridized carbons (Fsp3) is 0.632. The lowest BCUT2D eigenvalue weighted by Gasteiger charge is -2.35. The van der Waals surface area contributed by atoms with Gasteiger partial charge in [-0.3, -0.25) is 28.3 Å². The number of nitrogens with one attached hydrogen (secondary N) is 2. The summed E-state index contributed by atoms with van der Waals surface area (Å²) in [7, 11) is -3.88. The van der Waals surface area contributed by atoms with Crippen molar-refractivity contribution in [2.45, 2.75) is 116 Å². The number of amides is 3. The molecule has 3 fully saturated rings. The number of rotatable bonds is 6. The molecule has 288 valence electrons. The fourth-order valence-corrected chi connectivity index (χ4v) is 8.73. The maximum atomic E-state index is 14.5. The Morgan fingerprint density at radius 1 is 1.11 bits per heavy atom. The lowest BCUT2D eigenvalue weighted by atomic mass is 9.77. The second-order valence-electron chi connectivity index (χ2n) is 16.9. The van der Waals surface area contributed by atoms with Gasteiger partial charge in [0.05, 0.1) is 30.7 Å². The molecular formula is C38H51N5O9S. The Kier molecular flexibility index (Phi) is 10.3. The van der Waals surface area contributed by atoms with Gasteiger partial charge in [0.1, 0.15) is 23.3 Å². The molecular weight excluding hydrogens is 703 g/mol. The number of imidazole rings is 1. The number of hydrogen-bond donors (Lipinski definition) is 2. The molecule has 0 spiro atoms. The Balaban J connectivity index is 1.32. The summed E-state index contributed by atoms with van der Waals surface area (Å²) in [5.74, 6) is -4.47. The van der Waals surface area contributed by atoms with Crippen LogP contribution in [0.3, 0.4) is 0 Å². The first-order valence-electron chi connectivity index (χ1n) is 18.5. The van der Waals surface area contributed by atoms with Crippen LogP contribution in [-0.2, 0) is 38.7 Å². The monoisotopic (exact) mass is 753 g/mol. The molecule has 4 heterocycles. The zero-order valence-electron chi connectivity index (χ0n) is 31.3. The molecule has 0 unspecified atom stereocenters. The maximum absolute atomic E-state index is 14.5. The number of esters is 2. The quantitative estimate of drug-likeness (QED) is 0.412. The lowest BCUT2D eigenvalue weighted by Crippen LogP contribution is -2.57. The predicted molar refractivity (Wildman–Crippen MR) is 194 cm³/mol. The number of cyclic esters (lactones) is 1. The number of allylic oxidation sites excluding steroid dienone is 1. The highest BCUT2D eigenvalue weighted by atomic mass is 32.2. The number of hydrogen-bond acceptors (Lipinski definition) is 10. The number of carbonyl (C=O) groups is 5. The van der Waals surface area contributed by atoms with Gasteiger partial charge in [-0.25, -0.2) is 18.2 Å². The molecule has 14 nitrogen and oxygen atoms in total. The van der Waals surface area contributed by atoms with Gasteiger partial charge >= 0.3 is 11.9 Å². The topological polar surface area (TPSA) is 183 Å². The van der Waals surface area contributed by atoms with Crippen LogP contribution >= 0.6 is 0 Å². The Hall–Kier alpha value is -4.27. The molecule has 15 heteroatoms. The zero-order valence-corrected chi connectivity index (χ0v) is 32.2. The predicted octanol–water partition coefficient (Wildman–Crippen LogP) is 3.78. The van der Waals surface area contributed by atoms with E-state index in [0.717, 1.165) is 5.69 Å². The van der Waals surface area contributed by atoms with Crippen LogP contribution in [0.4, 0.5) is 0 Å². The van der Waals surface area contributed by atoms with Crippen LogP contribution in [0, 0.1) is 22.7 Å². The molecule has 2 aromatic heterocycles. The summed E-state index contributed by atoms with van der Waals surface area (Å²) in [6.45, 7) is 11.3. The first-order chi connectivity index (χ1) is 24.8. The van der Waals surface area contributed by atoms with Crippen LogP contribution in [0.25, 0.3) is 11.7 Å². The van der Waals surface area contributed by atoms with Gasteiger partial charge in [0.2, 0.25) is 21.8 Å². The average molecular weight is 754 g/mol. The van der Waals surface area contributed by atoms with E-state index < -0.39 is 74.0 Å². The van der Waals surface area contributed by atoms with Gasteiger partial charge in [-0.1, -0.05) is 60.1 Å².